The highest BCUT2D eigenvalue weighted by molar-refractivity contribution is 7.89. The van der Waals surface area contributed by atoms with Crippen molar-refractivity contribution in [3.05, 3.63) is 36.5 Å². The van der Waals surface area contributed by atoms with E-state index in [0.29, 0.717) is 5.75 Å². The Labute approximate surface area is 124 Å². The minimum atomic E-state index is -3.66. The Hall–Kier alpha value is -2.06. The summed E-state index contributed by atoms with van der Waals surface area (Å²) in [6, 6.07) is 9.22. The smallest absolute Gasteiger partial charge is 0.248 e. The van der Waals surface area contributed by atoms with Crippen molar-refractivity contribution >= 4 is 15.8 Å². The Morgan fingerprint density at radius 2 is 2.00 bits per heavy atom. The number of nitrogens with two attached hydrogens (primary N) is 1. The Morgan fingerprint density at radius 3 is 2.57 bits per heavy atom. The van der Waals surface area contributed by atoms with Gasteiger partial charge in [-0.1, -0.05) is 18.2 Å². The molecule has 0 spiro atoms. The summed E-state index contributed by atoms with van der Waals surface area (Å²) in [5.74, 6) is 0.692. The standard InChI is InChI=1S/C13H18N4O3S/c1-16-10-12(13(14)15-16)21(18,19)17(2)8-9-20-11-6-4-3-5-7-11/h3-7,10H,8-9H2,1-2H3,(H2,14,15). The normalized spacial score (nSPS) is 11.8. The van der Waals surface area contributed by atoms with E-state index >= 15 is 0 Å². The van der Waals surface area contributed by atoms with E-state index < -0.39 is 10.0 Å². The van der Waals surface area contributed by atoms with E-state index in [1.165, 1.54) is 22.2 Å². The second-order valence-electron chi connectivity index (χ2n) is 4.54. The molecule has 0 fully saturated rings. The summed E-state index contributed by atoms with van der Waals surface area (Å²) in [7, 11) is -0.557. The number of nitrogen functional groups attached to an aromatic ring is 1. The minimum absolute atomic E-state index is 0.00618. The van der Waals surface area contributed by atoms with Gasteiger partial charge >= 0.3 is 0 Å². The molecule has 7 nitrogen and oxygen atoms in total. The molecule has 1 aromatic heterocycles. The van der Waals surface area contributed by atoms with Gasteiger partial charge in [0.1, 0.15) is 17.3 Å². The van der Waals surface area contributed by atoms with Crippen LogP contribution in [0.3, 0.4) is 0 Å². The summed E-state index contributed by atoms with van der Waals surface area (Å²) in [6.07, 6.45) is 1.39. The molecule has 0 saturated carbocycles. The zero-order valence-corrected chi connectivity index (χ0v) is 12.7. The number of ether oxygens (including phenoxy) is 1. The van der Waals surface area contributed by atoms with Crippen molar-refractivity contribution in [3.8, 4) is 5.75 Å². The zero-order chi connectivity index (χ0) is 15.5. The fourth-order valence-electron chi connectivity index (χ4n) is 1.78. The molecule has 0 atom stereocenters. The van der Waals surface area contributed by atoms with Gasteiger partial charge in [0.25, 0.3) is 0 Å². The van der Waals surface area contributed by atoms with Crippen LogP contribution in [-0.4, -0.2) is 42.7 Å². The first-order chi connectivity index (χ1) is 9.91. The molecule has 0 amide bonds. The van der Waals surface area contributed by atoms with E-state index in [1.807, 2.05) is 30.3 Å². The molecule has 1 heterocycles. The van der Waals surface area contributed by atoms with E-state index in [4.69, 9.17) is 10.5 Å². The molecule has 0 bridgehead atoms. The fourth-order valence-corrected chi connectivity index (χ4v) is 3.02. The lowest BCUT2D eigenvalue weighted by molar-refractivity contribution is 0.287. The number of benzene rings is 1. The lowest BCUT2D eigenvalue weighted by Gasteiger charge is -2.16. The number of aryl methyl sites for hydroxylation is 1. The number of hydrogen-bond donors (Lipinski definition) is 1. The SMILES string of the molecule is CN(CCOc1ccccc1)S(=O)(=O)c1cn(C)nc1N. The lowest BCUT2D eigenvalue weighted by atomic mass is 10.3. The molecule has 8 heteroatoms. The second kappa shape index (κ2) is 6.15. The Balaban J connectivity index is 1.99. The summed E-state index contributed by atoms with van der Waals surface area (Å²) in [5.41, 5.74) is 5.62. The maximum atomic E-state index is 12.3. The molecule has 2 N–H and O–H groups in total. The van der Waals surface area contributed by atoms with Crippen LogP contribution in [0.1, 0.15) is 0 Å². The van der Waals surface area contributed by atoms with Gasteiger partial charge in [0, 0.05) is 26.8 Å². The molecule has 0 radical (unpaired) electrons. The molecule has 114 valence electrons. The molecule has 2 rings (SSSR count). The van der Waals surface area contributed by atoms with Gasteiger partial charge in [0.2, 0.25) is 10.0 Å². The summed E-state index contributed by atoms with van der Waals surface area (Å²) in [4.78, 5) is 0.00668. The average molecular weight is 310 g/mol. The molecule has 2 aromatic rings. The van der Waals surface area contributed by atoms with E-state index in [-0.39, 0.29) is 23.9 Å². The van der Waals surface area contributed by atoms with E-state index in [1.54, 1.807) is 7.05 Å². The molecule has 0 saturated heterocycles. The van der Waals surface area contributed by atoms with E-state index in [2.05, 4.69) is 5.10 Å². The summed E-state index contributed by atoms with van der Waals surface area (Å²) < 4.78 is 32.7. The van der Waals surface area contributed by atoms with Crippen LogP contribution in [0.4, 0.5) is 5.82 Å². The highest BCUT2D eigenvalue weighted by atomic mass is 32.2. The van der Waals surface area contributed by atoms with Crippen LogP contribution >= 0.6 is 0 Å². The monoisotopic (exact) mass is 310 g/mol. The number of hydrogen-bond acceptors (Lipinski definition) is 5. The molecule has 0 unspecified atom stereocenters. The Bertz CT molecular complexity index is 697. The van der Waals surface area contributed by atoms with Gasteiger partial charge in [0.05, 0.1) is 0 Å². The third-order valence-electron chi connectivity index (χ3n) is 2.93. The van der Waals surface area contributed by atoms with Gasteiger partial charge in [-0.15, -0.1) is 0 Å². The minimum Gasteiger partial charge on any atom is -0.492 e. The third kappa shape index (κ3) is 3.53. The Morgan fingerprint density at radius 1 is 1.33 bits per heavy atom. The predicted molar refractivity (Wildman–Crippen MR) is 79.4 cm³/mol. The van der Waals surface area contributed by atoms with Crippen LogP contribution in [0.15, 0.2) is 41.4 Å². The Kier molecular flexibility index (Phi) is 4.49. The topological polar surface area (TPSA) is 90.5 Å². The van der Waals surface area contributed by atoms with Gasteiger partial charge in [-0.25, -0.2) is 8.42 Å². The molecule has 1 aromatic carbocycles. The van der Waals surface area contributed by atoms with Crippen LogP contribution in [0.2, 0.25) is 0 Å². The zero-order valence-electron chi connectivity index (χ0n) is 11.9. The quantitative estimate of drug-likeness (QED) is 0.848. The summed E-state index contributed by atoms with van der Waals surface area (Å²) in [6.45, 7) is 0.464. The van der Waals surface area contributed by atoms with Gasteiger partial charge in [-0.3, -0.25) is 4.68 Å². The third-order valence-corrected chi connectivity index (χ3v) is 4.80. The van der Waals surface area contributed by atoms with Crippen LogP contribution in [0.25, 0.3) is 0 Å². The largest absolute Gasteiger partial charge is 0.492 e. The molecule has 0 aliphatic heterocycles. The average Bonchev–Trinajstić information content (AvgIpc) is 2.79. The van der Waals surface area contributed by atoms with Crippen LogP contribution in [0.5, 0.6) is 5.75 Å². The van der Waals surface area contributed by atoms with Crippen molar-refractivity contribution in [3.63, 3.8) is 0 Å². The van der Waals surface area contributed by atoms with Gasteiger partial charge in [-0.2, -0.15) is 9.40 Å². The van der Waals surface area contributed by atoms with E-state index in [9.17, 15) is 8.42 Å². The summed E-state index contributed by atoms with van der Waals surface area (Å²) in [5, 5.41) is 3.84. The number of rotatable bonds is 6. The number of aromatic nitrogens is 2. The molecular formula is C13H18N4O3S. The molecular weight excluding hydrogens is 292 g/mol. The van der Waals surface area contributed by atoms with Crippen LogP contribution in [0, 0.1) is 0 Å². The van der Waals surface area contributed by atoms with E-state index in [0.717, 1.165) is 0 Å². The highest BCUT2D eigenvalue weighted by Crippen LogP contribution is 2.19. The van der Waals surface area contributed by atoms with Crippen molar-refractivity contribution in [2.45, 2.75) is 4.90 Å². The maximum absolute atomic E-state index is 12.3. The molecule has 0 aliphatic rings. The number of para-hydroxylation sites is 1. The predicted octanol–water partition coefficient (Wildman–Crippen LogP) is 0.702. The lowest BCUT2D eigenvalue weighted by Crippen LogP contribution is -2.31. The van der Waals surface area contributed by atoms with Gasteiger partial charge in [0.15, 0.2) is 5.82 Å². The number of likely N-dealkylation sites (N-methyl/N-ethyl adjacent to an activating group) is 1. The summed E-state index contributed by atoms with van der Waals surface area (Å²) >= 11 is 0. The number of sulfonamides is 1. The number of nitrogens with zero attached hydrogens (tertiary/aromatic N) is 3. The second-order valence-corrected chi connectivity index (χ2v) is 6.55. The first kappa shape index (κ1) is 15.3. The fraction of sp³-hybridized carbons (Fsp3) is 0.308. The van der Waals surface area contributed by atoms with Crippen molar-refractivity contribution in [2.24, 2.45) is 7.05 Å². The van der Waals surface area contributed by atoms with Crippen molar-refractivity contribution in [2.75, 3.05) is 25.9 Å². The van der Waals surface area contributed by atoms with Crippen LogP contribution < -0.4 is 10.5 Å². The van der Waals surface area contributed by atoms with Crippen molar-refractivity contribution < 1.29 is 13.2 Å². The van der Waals surface area contributed by atoms with Crippen LogP contribution in [-0.2, 0) is 17.1 Å². The van der Waals surface area contributed by atoms with Gasteiger partial charge in [-0.05, 0) is 12.1 Å². The highest BCUT2D eigenvalue weighted by Gasteiger charge is 2.25. The first-order valence-corrected chi connectivity index (χ1v) is 7.78. The van der Waals surface area contributed by atoms with Crippen molar-refractivity contribution in [1.29, 1.82) is 0 Å². The molecule has 21 heavy (non-hydrogen) atoms. The number of anilines is 1. The first-order valence-electron chi connectivity index (χ1n) is 6.34. The van der Waals surface area contributed by atoms with Gasteiger partial charge < -0.3 is 10.5 Å². The molecule has 0 aliphatic carbocycles. The van der Waals surface area contributed by atoms with Crippen molar-refractivity contribution in [1.82, 2.24) is 14.1 Å². The maximum Gasteiger partial charge on any atom is 0.248 e.